The molecule has 1 aliphatic rings. The van der Waals surface area contributed by atoms with E-state index in [1.165, 1.54) is 19.2 Å². The number of carbonyl (C=O) groups is 3. The number of nitrogens with zero attached hydrogens (tertiary/aromatic N) is 2. The van der Waals surface area contributed by atoms with E-state index >= 15 is 0 Å². The molecule has 2 aromatic rings. The Morgan fingerprint density at radius 2 is 1.87 bits per heavy atom. The summed E-state index contributed by atoms with van der Waals surface area (Å²) in [7, 11) is -2.48. The second-order valence-corrected chi connectivity index (χ2v) is 9.46. The van der Waals surface area contributed by atoms with Gasteiger partial charge in [0.1, 0.15) is 0 Å². The number of likely N-dealkylation sites (tertiary alicyclic amines) is 1. The van der Waals surface area contributed by atoms with E-state index in [4.69, 9.17) is 16.3 Å². The molecule has 1 aliphatic heterocycles. The van der Waals surface area contributed by atoms with Gasteiger partial charge in [0.05, 0.1) is 15.5 Å². The molecule has 2 aromatic carbocycles. The zero-order chi connectivity index (χ0) is 22.6. The van der Waals surface area contributed by atoms with Crippen LogP contribution in [-0.4, -0.2) is 55.6 Å². The van der Waals surface area contributed by atoms with Crippen LogP contribution in [-0.2, 0) is 30.9 Å². The number of imide groups is 1. The second kappa shape index (κ2) is 9.59. The fourth-order valence-electron chi connectivity index (χ4n) is 3.12. The van der Waals surface area contributed by atoms with Crippen molar-refractivity contribution in [2.45, 2.75) is 24.3 Å². The summed E-state index contributed by atoms with van der Waals surface area (Å²) in [4.78, 5) is 37.0. The van der Waals surface area contributed by atoms with Crippen molar-refractivity contribution >= 4 is 39.4 Å². The molecule has 8 nitrogen and oxygen atoms in total. The standard InChI is InChI=1S/C21H21ClN2O6S/c1-23(13-15-6-3-2-4-7-15)31(28,29)16-9-10-18(22)17(12-16)21(27)30-14-20(26)24-11-5-8-19(24)25/h2-4,6-7,9-10,12H,5,8,11,13-14H2,1H3. The average molecular weight is 465 g/mol. The molecular formula is C21H21ClN2O6S. The lowest BCUT2D eigenvalue weighted by molar-refractivity contribution is -0.143. The topological polar surface area (TPSA) is 101 Å². The van der Waals surface area contributed by atoms with Gasteiger partial charge in [0.25, 0.3) is 5.91 Å². The first-order valence-corrected chi connectivity index (χ1v) is 11.3. The van der Waals surface area contributed by atoms with Crippen LogP contribution in [0.2, 0.25) is 5.02 Å². The number of carbonyl (C=O) groups excluding carboxylic acids is 3. The van der Waals surface area contributed by atoms with Gasteiger partial charge in [-0.25, -0.2) is 13.2 Å². The summed E-state index contributed by atoms with van der Waals surface area (Å²) in [6.45, 7) is -0.201. The smallest absolute Gasteiger partial charge is 0.340 e. The third-order valence-corrected chi connectivity index (χ3v) is 6.94. The Labute approximate surface area is 185 Å². The molecule has 0 radical (unpaired) electrons. The summed E-state index contributed by atoms with van der Waals surface area (Å²) in [5.41, 5.74) is 0.619. The third kappa shape index (κ3) is 5.30. The van der Waals surface area contributed by atoms with E-state index in [1.54, 1.807) is 12.1 Å². The number of hydrogen-bond donors (Lipinski definition) is 0. The molecule has 0 N–H and O–H groups in total. The highest BCUT2D eigenvalue weighted by Crippen LogP contribution is 2.24. The van der Waals surface area contributed by atoms with Crippen LogP contribution >= 0.6 is 11.6 Å². The number of halogens is 1. The Hall–Kier alpha value is -2.75. The van der Waals surface area contributed by atoms with Crippen molar-refractivity contribution in [1.82, 2.24) is 9.21 Å². The quantitative estimate of drug-likeness (QED) is 0.583. The monoisotopic (exact) mass is 464 g/mol. The van der Waals surface area contributed by atoms with Crippen LogP contribution in [0.3, 0.4) is 0 Å². The van der Waals surface area contributed by atoms with Crippen molar-refractivity contribution in [3.05, 3.63) is 64.7 Å². The minimum atomic E-state index is -3.91. The van der Waals surface area contributed by atoms with E-state index in [2.05, 4.69) is 0 Å². The van der Waals surface area contributed by atoms with Crippen LogP contribution < -0.4 is 0 Å². The Bertz CT molecular complexity index is 1100. The number of hydrogen-bond acceptors (Lipinski definition) is 6. The number of ether oxygens (including phenoxy) is 1. The van der Waals surface area contributed by atoms with Crippen LogP contribution in [0.5, 0.6) is 0 Å². The number of sulfonamides is 1. The van der Waals surface area contributed by atoms with E-state index in [0.29, 0.717) is 6.42 Å². The Morgan fingerprint density at radius 1 is 1.16 bits per heavy atom. The molecule has 0 atom stereocenters. The third-order valence-electron chi connectivity index (χ3n) is 4.82. The highest BCUT2D eigenvalue weighted by Gasteiger charge is 2.28. The first-order chi connectivity index (χ1) is 14.7. The summed E-state index contributed by atoms with van der Waals surface area (Å²) in [5, 5.41) is -0.0145. The summed E-state index contributed by atoms with van der Waals surface area (Å²) in [6, 6.07) is 12.8. The summed E-state index contributed by atoms with van der Waals surface area (Å²) in [5.74, 6) is -1.89. The lowest BCUT2D eigenvalue weighted by Crippen LogP contribution is -2.35. The van der Waals surface area contributed by atoms with Crippen molar-refractivity contribution in [2.24, 2.45) is 0 Å². The van der Waals surface area contributed by atoms with Gasteiger partial charge in [-0.2, -0.15) is 4.31 Å². The SMILES string of the molecule is CN(Cc1ccccc1)S(=O)(=O)c1ccc(Cl)c(C(=O)OCC(=O)N2CCCC2=O)c1. The second-order valence-electron chi connectivity index (χ2n) is 7.01. The van der Waals surface area contributed by atoms with Crippen molar-refractivity contribution in [3.63, 3.8) is 0 Å². The van der Waals surface area contributed by atoms with Gasteiger partial charge in [0, 0.05) is 26.6 Å². The molecule has 1 heterocycles. The maximum Gasteiger partial charge on any atom is 0.340 e. The van der Waals surface area contributed by atoms with Crippen LogP contribution in [0, 0.1) is 0 Å². The minimum absolute atomic E-state index is 0.0145. The maximum absolute atomic E-state index is 12.9. The Morgan fingerprint density at radius 3 is 2.52 bits per heavy atom. The van der Waals surface area contributed by atoms with Crippen molar-refractivity contribution < 1.29 is 27.5 Å². The van der Waals surface area contributed by atoms with Crippen LogP contribution in [0.25, 0.3) is 0 Å². The molecule has 1 saturated heterocycles. The summed E-state index contributed by atoms with van der Waals surface area (Å²) >= 11 is 6.06. The van der Waals surface area contributed by atoms with E-state index in [9.17, 15) is 22.8 Å². The molecule has 3 rings (SSSR count). The molecule has 0 spiro atoms. The number of esters is 1. The van der Waals surface area contributed by atoms with Crippen molar-refractivity contribution in [3.8, 4) is 0 Å². The van der Waals surface area contributed by atoms with Gasteiger partial charge in [-0.15, -0.1) is 0 Å². The lowest BCUT2D eigenvalue weighted by Gasteiger charge is -2.18. The first-order valence-electron chi connectivity index (χ1n) is 9.50. The molecule has 31 heavy (non-hydrogen) atoms. The van der Waals surface area contributed by atoms with Gasteiger partial charge >= 0.3 is 5.97 Å². The first kappa shape index (κ1) is 22.9. The molecule has 2 amide bonds. The molecule has 0 unspecified atom stereocenters. The molecule has 1 fully saturated rings. The molecule has 0 bridgehead atoms. The molecule has 10 heteroatoms. The van der Waals surface area contributed by atoms with Crippen LogP contribution in [0.15, 0.2) is 53.4 Å². The fourth-order valence-corrected chi connectivity index (χ4v) is 4.50. The molecular weight excluding hydrogens is 444 g/mol. The zero-order valence-electron chi connectivity index (χ0n) is 16.8. The van der Waals surface area contributed by atoms with Crippen LogP contribution in [0.4, 0.5) is 0 Å². The van der Waals surface area contributed by atoms with Crippen molar-refractivity contribution in [1.29, 1.82) is 0 Å². The summed E-state index contributed by atoms with van der Waals surface area (Å²) < 4.78 is 32.0. The largest absolute Gasteiger partial charge is 0.452 e. The predicted octanol–water partition coefficient (Wildman–Crippen LogP) is 2.47. The van der Waals surface area contributed by atoms with Gasteiger partial charge < -0.3 is 4.74 Å². The fraction of sp³-hybridized carbons (Fsp3) is 0.286. The maximum atomic E-state index is 12.9. The molecule has 0 saturated carbocycles. The van der Waals surface area contributed by atoms with Crippen LogP contribution in [0.1, 0.15) is 28.8 Å². The van der Waals surface area contributed by atoms with E-state index < -0.39 is 28.5 Å². The lowest BCUT2D eigenvalue weighted by atomic mass is 10.2. The summed E-state index contributed by atoms with van der Waals surface area (Å²) in [6.07, 6.45) is 0.850. The minimum Gasteiger partial charge on any atom is -0.452 e. The zero-order valence-corrected chi connectivity index (χ0v) is 18.4. The van der Waals surface area contributed by atoms with Gasteiger partial charge in [-0.05, 0) is 30.2 Å². The van der Waals surface area contributed by atoms with Gasteiger partial charge in [0.15, 0.2) is 6.61 Å². The average Bonchev–Trinajstić information content (AvgIpc) is 3.18. The van der Waals surface area contributed by atoms with E-state index in [0.717, 1.165) is 20.8 Å². The molecule has 164 valence electrons. The van der Waals surface area contributed by atoms with E-state index in [1.807, 2.05) is 18.2 Å². The van der Waals surface area contributed by atoms with Gasteiger partial charge in [0.2, 0.25) is 15.9 Å². The Kier molecular flexibility index (Phi) is 7.09. The van der Waals surface area contributed by atoms with Gasteiger partial charge in [-0.1, -0.05) is 41.9 Å². The highest BCUT2D eigenvalue weighted by atomic mass is 35.5. The normalized spacial score (nSPS) is 14.2. The number of amides is 2. The Balaban J connectivity index is 1.73. The van der Waals surface area contributed by atoms with Crippen molar-refractivity contribution in [2.75, 3.05) is 20.2 Å². The predicted molar refractivity (Wildman–Crippen MR) is 113 cm³/mol. The molecule has 0 aromatic heterocycles. The van der Waals surface area contributed by atoms with Gasteiger partial charge in [-0.3, -0.25) is 14.5 Å². The highest BCUT2D eigenvalue weighted by molar-refractivity contribution is 7.89. The van der Waals surface area contributed by atoms with E-state index in [-0.39, 0.29) is 40.9 Å². The number of rotatable bonds is 7. The number of benzene rings is 2. The molecule has 0 aliphatic carbocycles.